The summed E-state index contributed by atoms with van der Waals surface area (Å²) in [7, 11) is 0. The number of halogens is 1. The van der Waals surface area contributed by atoms with Gasteiger partial charge in [-0.15, -0.1) is 0 Å². The normalized spacial score (nSPS) is 15.2. The molecule has 3 rings (SSSR count). The Bertz CT molecular complexity index is 769. The summed E-state index contributed by atoms with van der Waals surface area (Å²) in [6.07, 6.45) is 1.77. The smallest absolute Gasteiger partial charge is 0.358 e. The third kappa shape index (κ3) is 4.63. The summed E-state index contributed by atoms with van der Waals surface area (Å²) in [6, 6.07) is 7.77. The molecular formula is C17H20FN5O3. The number of benzene rings is 1. The van der Waals surface area contributed by atoms with E-state index in [4.69, 9.17) is 0 Å². The van der Waals surface area contributed by atoms with E-state index in [1.807, 2.05) is 0 Å². The number of nitro groups is 1. The van der Waals surface area contributed by atoms with E-state index in [9.17, 15) is 19.3 Å². The van der Waals surface area contributed by atoms with Crippen molar-refractivity contribution in [1.29, 1.82) is 0 Å². The Labute approximate surface area is 150 Å². The third-order valence-electron chi connectivity index (χ3n) is 4.41. The highest BCUT2D eigenvalue weighted by Crippen LogP contribution is 2.11. The van der Waals surface area contributed by atoms with Crippen LogP contribution in [0.2, 0.25) is 0 Å². The minimum atomic E-state index is -0.557. The van der Waals surface area contributed by atoms with E-state index in [1.165, 1.54) is 29.1 Å². The molecule has 1 fully saturated rings. The van der Waals surface area contributed by atoms with Crippen molar-refractivity contribution < 1.29 is 14.1 Å². The van der Waals surface area contributed by atoms with Crippen molar-refractivity contribution in [2.75, 3.05) is 26.2 Å². The number of amides is 1. The van der Waals surface area contributed by atoms with E-state index in [0.717, 1.165) is 25.2 Å². The van der Waals surface area contributed by atoms with Gasteiger partial charge in [-0.05, 0) is 22.6 Å². The number of nitrogens with zero attached hydrogens (tertiary/aromatic N) is 5. The molecule has 0 N–H and O–H groups in total. The van der Waals surface area contributed by atoms with E-state index in [2.05, 4.69) is 10.00 Å². The topological polar surface area (TPSA) is 84.5 Å². The van der Waals surface area contributed by atoms with E-state index in [0.29, 0.717) is 19.6 Å². The van der Waals surface area contributed by atoms with Gasteiger partial charge in [-0.25, -0.2) is 4.39 Å². The van der Waals surface area contributed by atoms with Gasteiger partial charge in [-0.1, -0.05) is 12.1 Å². The first-order valence-electron chi connectivity index (χ1n) is 8.44. The molecule has 0 bridgehead atoms. The monoisotopic (exact) mass is 361 g/mol. The van der Waals surface area contributed by atoms with E-state index >= 15 is 0 Å². The Morgan fingerprint density at radius 1 is 1.15 bits per heavy atom. The summed E-state index contributed by atoms with van der Waals surface area (Å²) < 4.78 is 14.4. The van der Waals surface area contributed by atoms with E-state index < -0.39 is 4.92 Å². The van der Waals surface area contributed by atoms with Gasteiger partial charge in [0.05, 0.1) is 23.9 Å². The number of rotatable bonds is 6. The standard InChI is InChI=1S/C17H20FN5O3/c18-15-3-1-14(2-4-15)13-20-9-11-21(12-10-20)17(24)6-8-22-7-5-16(19-22)23(25)26/h1-5,7H,6,8-13H2. The predicted molar refractivity (Wildman–Crippen MR) is 91.8 cm³/mol. The van der Waals surface area contributed by atoms with Gasteiger partial charge >= 0.3 is 5.82 Å². The molecule has 0 aliphatic carbocycles. The molecule has 1 aliphatic heterocycles. The van der Waals surface area contributed by atoms with Gasteiger partial charge in [-0.2, -0.15) is 4.68 Å². The molecule has 1 saturated heterocycles. The summed E-state index contributed by atoms with van der Waals surface area (Å²) in [5.41, 5.74) is 1.05. The molecule has 8 nitrogen and oxygen atoms in total. The van der Waals surface area contributed by atoms with Gasteiger partial charge in [0.1, 0.15) is 5.82 Å². The molecular weight excluding hydrogens is 341 g/mol. The van der Waals surface area contributed by atoms with Crippen molar-refractivity contribution in [3.05, 3.63) is 58.0 Å². The van der Waals surface area contributed by atoms with Crippen LogP contribution in [0.4, 0.5) is 10.2 Å². The van der Waals surface area contributed by atoms with Gasteiger partial charge in [0.2, 0.25) is 5.91 Å². The van der Waals surface area contributed by atoms with Crippen molar-refractivity contribution in [2.24, 2.45) is 0 Å². The zero-order valence-corrected chi connectivity index (χ0v) is 14.3. The summed E-state index contributed by atoms with van der Waals surface area (Å²) in [5.74, 6) is -0.442. The van der Waals surface area contributed by atoms with Crippen LogP contribution in [0.25, 0.3) is 0 Å². The highest BCUT2D eigenvalue weighted by Gasteiger charge is 2.21. The van der Waals surface area contributed by atoms with E-state index in [-0.39, 0.29) is 24.0 Å². The molecule has 0 atom stereocenters. The van der Waals surface area contributed by atoms with Crippen LogP contribution >= 0.6 is 0 Å². The largest absolute Gasteiger partial charge is 0.389 e. The zero-order valence-electron chi connectivity index (χ0n) is 14.3. The quantitative estimate of drug-likeness (QED) is 0.577. The summed E-state index contributed by atoms with van der Waals surface area (Å²) >= 11 is 0. The summed E-state index contributed by atoms with van der Waals surface area (Å²) in [6.45, 7) is 3.85. The fraction of sp³-hybridized carbons (Fsp3) is 0.412. The molecule has 9 heteroatoms. The Morgan fingerprint density at radius 2 is 1.85 bits per heavy atom. The number of piperazine rings is 1. The van der Waals surface area contributed by atoms with Crippen LogP contribution in [0.5, 0.6) is 0 Å². The number of hydrogen-bond acceptors (Lipinski definition) is 5. The van der Waals surface area contributed by atoms with Gasteiger partial charge in [0, 0.05) is 39.1 Å². The first kappa shape index (κ1) is 18.0. The maximum atomic E-state index is 12.9. The number of carbonyl (C=O) groups is 1. The minimum absolute atomic E-state index is 0.0181. The minimum Gasteiger partial charge on any atom is -0.358 e. The van der Waals surface area contributed by atoms with Crippen LogP contribution in [0.3, 0.4) is 0 Å². The first-order chi connectivity index (χ1) is 12.5. The lowest BCUT2D eigenvalue weighted by molar-refractivity contribution is -0.389. The highest BCUT2D eigenvalue weighted by molar-refractivity contribution is 5.76. The van der Waals surface area contributed by atoms with Gasteiger partial charge < -0.3 is 15.0 Å². The third-order valence-corrected chi connectivity index (χ3v) is 4.41. The second-order valence-corrected chi connectivity index (χ2v) is 6.23. The fourth-order valence-corrected chi connectivity index (χ4v) is 2.94. The van der Waals surface area contributed by atoms with Crippen molar-refractivity contribution in [1.82, 2.24) is 19.6 Å². The Balaban J connectivity index is 1.42. The van der Waals surface area contributed by atoms with Gasteiger partial charge in [0.25, 0.3) is 0 Å². The number of hydrogen-bond donors (Lipinski definition) is 0. The molecule has 0 saturated carbocycles. The highest BCUT2D eigenvalue weighted by atomic mass is 19.1. The molecule has 1 aliphatic rings. The molecule has 0 unspecified atom stereocenters. The molecule has 1 aromatic heterocycles. The molecule has 0 radical (unpaired) electrons. The van der Waals surface area contributed by atoms with Crippen LogP contribution in [-0.2, 0) is 17.9 Å². The summed E-state index contributed by atoms with van der Waals surface area (Å²) in [4.78, 5) is 26.4. The molecule has 0 spiro atoms. The maximum absolute atomic E-state index is 12.9. The van der Waals surface area contributed by atoms with Crippen LogP contribution in [0.15, 0.2) is 36.5 Å². The van der Waals surface area contributed by atoms with Crippen LogP contribution in [-0.4, -0.2) is 56.6 Å². The number of aryl methyl sites for hydroxylation is 1. The van der Waals surface area contributed by atoms with Gasteiger partial charge in [-0.3, -0.25) is 9.69 Å². The SMILES string of the molecule is O=C(CCn1ccc([N+](=O)[O-])n1)N1CCN(Cc2ccc(F)cc2)CC1. The summed E-state index contributed by atoms with van der Waals surface area (Å²) in [5, 5.41) is 14.4. The van der Waals surface area contributed by atoms with Crippen LogP contribution < -0.4 is 0 Å². The maximum Gasteiger partial charge on any atom is 0.389 e. The lowest BCUT2D eigenvalue weighted by atomic mass is 10.2. The van der Waals surface area contributed by atoms with Gasteiger partial charge in [0.15, 0.2) is 0 Å². The Kier molecular flexibility index (Phi) is 5.57. The fourth-order valence-electron chi connectivity index (χ4n) is 2.94. The Morgan fingerprint density at radius 3 is 2.46 bits per heavy atom. The predicted octanol–water partition coefficient (Wildman–Crippen LogP) is 1.66. The Hall–Kier alpha value is -2.81. The molecule has 1 amide bonds. The first-order valence-corrected chi connectivity index (χ1v) is 8.44. The average molecular weight is 361 g/mol. The van der Waals surface area contributed by atoms with Crippen molar-refractivity contribution in [3.63, 3.8) is 0 Å². The van der Waals surface area contributed by atoms with Crippen molar-refractivity contribution in [3.8, 4) is 0 Å². The lowest BCUT2D eigenvalue weighted by Gasteiger charge is -2.34. The van der Waals surface area contributed by atoms with Crippen molar-refractivity contribution >= 4 is 11.7 Å². The second-order valence-electron chi connectivity index (χ2n) is 6.23. The molecule has 138 valence electrons. The van der Waals surface area contributed by atoms with Crippen LogP contribution in [0.1, 0.15) is 12.0 Å². The molecule has 1 aromatic carbocycles. The molecule has 2 aromatic rings. The average Bonchev–Trinajstić information content (AvgIpc) is 3.12. The number of aromatic nitrogens is 2. The number of carbonyl (C=O) groups excluding carboxylic acids is 1. The molecule has 26 heavy (non-hydrogen) atoms. The lowest BCUT2D eigenvalue weighted by Crippen LogP contribution is -2.48. The van der Waals surface area contributed by atoms with E-state index in [1.54, 1.807) is 17.0 Å². The second kappa shape index (κ2) is 8.05. The van der Waals surface area contributed by atoms with Crippen LogP contribution in [0, 0.1) is 15.9 Å². The van der Waals surface area contributed by atoms with Crippen molar-refractivity contribution in [2.45, 2.75) is 19.5 Å². The zero-order chi connectivity index (χ0) is 18.5. The molecule has 2 heterocycles.